The fourth-order valence-corrected chi connectivity index (χ4v) is 3.98. The molecule has 158 valence electrons. The topological polar surface area (TPSA) is 86.3 Å². The number of fused-ring (bicyclic) bond motifs is 3. The van der Waals surface area contributed by atoms with Gasteiger partial charge in [0.15, 0.2) is 0 Å². The number of aromatic nitrogens is 3. The van der Waals surface area contributed by atoms with Crippen molar-refractivity contribution in [3.63, 3.8) is 0 Å². The molecule has 1 fully saturated rings. The van der Waals surface area contributed by atoms with Crippen LogP contribution in [0.3, 0.4) is 0 Å². The third-order valence-corrected chi connectivity index (χ3v) is 5.90. The van der Waals surface area contributed by atoms with Crippen LogP contribution in [0.25, 0.3) is 5.78 Å². The molecule has 1 aliphatic carbocycles. The van der Waals surface area contributed by atoms with Gasteiger partial charge in [0.1, 0.15) is 17.1 Å². The number of carbonyl (C=O) groups excluding carboxylic acids is 1. The van der Waals surface area contributed by atoms with Crippen LogP contribution < -0.4 is 5.32 Å². The van der Waals surface area contributed by atoms with Crippen LogP contribution in [0.2, 0.25) is 0 Å². The van der Waals surface area contributed by atoms with Gasteiger partial charge in [0.25, 0.3) is 6.43 Å². The average molecular weight is 426 g/mol. The minimum atomic E-state index is -2.90. The van der Waals surface area contributed by atoms with Gasteiger partial charge >= 0.3 is 0 Å². The maximum absolute atomic E-state index is 14.4. The number of nitrogens with zero attached hydrogens (tertiary/aromatic N) is 5. The number of hydrogen-bond donors (Lipinski definition) is 1. The first kappa shape index (κ1) is 19.4. The zero-order valence-corrected chi connectivity index (χ0v) is 16.3. The van der Waals surface area contributed by atoms with E-state index < -0.39 is 23.2 Å². The Kier molecular flexibility index (Phi) is 4.36. The number of alkyl halides is 2. The zero-order chi connectivity index (χ0) is 21.8. The number of carbonyl (C=O) groups is 1. The number of rotatable bonds is 5. The fourth-order valence-electron chi connectivity index (χ4n) is 3.98. The molecule has 31 heavy (non-hydrogen) atoms. The molecule has 0 atom stereocenters. The van der Waals surface area contributed by atoms with E-state index in [1.807, 2.05) is 0 Å². The number of benzene rings is 1. The van der Waals surface area contributed by atoms with Gasteiger partial charge in [0.05, 0.1) is 30.4 Å². The third kappa shape index (κ3) is 3.08. The lowest BCUT2D eigenvalue weighted by atomic mass is 10.1. The second kappa shape index (κ2) is 6.97. The smallest absolute Gasteiger partial charge is 0.266 e. The van der Waals surface area contributed by atoms with Crippen molar-refractivity contribution < 1.29 is 18.0 Å². The Hall–Kier alpha value is -3.61. The van der Waals surface area contributed by atoms with Gasteiger partial charge in [-0.3, -0.25) is 9.20 Å². The molecule has 10 heteroatoms. The van der Waals surface area contributed by atoms with Crippen molar-refractivity contribution in [2.75, 3.05) is 5.32 Å². The van der Waals surface area contributed by atoms with E-state index in [1.54, 1.807) is 21.7 Å². The molecule has 1 aliphatic heterocycles. The van der Waals surface area contributed by atoms with Gasteiger partial charge in [0, 0.05) is 30.1 Å². The molecular weight excluding hydrogens is 409 g/mol. The standard InChI is InChI=1S/C21H17F3N6O/c22-16-12(2-1-3-13(16)17(23)24)8-27-18-14-9-29(19(31)21(11-25)4-5-21)10-15(14)30-7-6-26-20(30)28-18/h1-3,6-7,17H,4-5,8-10H2,(H,26,27,28). The summed E-state index contributed by atoms with van der Waals surface area (Å²) in [6.45, 7) is 0.496. The number of anilines is 1. The third-order valence-electron chi connectivity index (χ3n) is 5.90. The van der Waals surface area contributed by atoms with Crippen LogP contribution in [0, 0.1) is 22.6 Å². The highest BCUT2D eigenvalue weighted by molar-refractivity contribution is 5.89. The molecule has 0 unspecified atom stereocenters. The van der Waals surface area contributed by atoms with Crippen molar-refractivity contribution in [2.45, 2.75) is 38.9 Å². The SMILES string of the molecule is N#CC1(C(=O)N2Cc3c(NCc4cccc(C(F)F)c4F)nc4nccn4c3C2)CC1. The van der Waals surface area contributed by atoms with Gasteiger partial charge in [-0.2, -0.15) is 10.2 Å². The molecule has 1 aromatic carbocycles. The van der Waals surface area contributed by atoms with Gasteiger partial charge in [0.2, 0.25) is 11.7 Å². The van der Waals surface area contributed by atoms with E-state index in [2.05, 4.69) is 21.4 Å². The molecule has 3 aromatic rings. The highest BCUT2D eigenvalue weighted by Gasteiger charge is 2.53. The lowest BCUT2D eigenvalue weighted by Gasteiger charge is -2.18. The Bertz CT molecular complexity index is 1240. The van der Waals surface area contributed by atoms with Crippen LogP contribution in [0.15, 0.2) is 30.6 Å². The molecule has 0 saturated heterocycles. The minimum Gasteiger partial charge on any atom is -0.365 e. The molecule has 3 heterocycles. The van der Waals surface area contributed by atoms with Gasteiger partial charge in [-0.05, 0) is 12.8 Å². The number of amides is 1. The van der Waals surface area contributed by atoms with E-state index in [9.17, 15) is 23.2 Å². The van der Waals surface area contributed by atoms with Crippen molar-refractivity contribution in [2.24, 2.45) is 5.41 Å². The summed E-state index contributed by atoms with van der Waals surface area (Å²) in [6, 6.07) is 6.00. The Morgan fingerprint density at radius 1 is 1.32 bits per heavy atom. The van der Waals surface area contributed by atoms with Gasteiger partial charge < -0.3 is 10.2 Å². The predicted molar refractivity (Wildman–Crippen MR) is 103 cm³/mol. The largest absolute Gasteiger partial charge is 0.365 e. The first-order valence-electron chi connectivity index (χ1n) is 9.78. The van der Waals surface area contributed by atoms with Crippen LogP contribution in [0.4, 0.5) is 19.0 Å². The van der Waals surface area contributed by atoms with Gasteiger partial charge in [-0.15, -0.1) is 0 Å². The summed E-state index contributed by atoms with van der Waals surface area (Å²) < 4.78 is 42.2. The van der Waals surface area contributed by atoms with E-state index in [-0.39, 0.29) is 24.6 Å². The summed E-state index contributed by atoms with van der Waals surface area (Å²) in [5.74, 6) is -0.349. The molecular formula is C21H17F3N6O. The lowest BCUT2D eigenvalue weighted by Crippen LogP contribution is -2.32. The first-order valence-corrected chi connectivity index (χ1v) is 9.78. The highest BCUT2D eigenvalue weighted by Crippen LogP contribution is 2.48. The summed E-state index contributed by atoms with van der Waals surface area (Å²) in [5, 5.41) is 12.4. The fraction of sp³-hybridized carbons (Fsp3) is 0.333. The van der Waals surface area contributed by atoms with Gasteiger partial charge in [-0.1, -0.05) is 18.2 Å². The quantitative estimate of drug-likeness (QED) is 0.674. The average Bonchev–Trinajstić information content (AvgIpc) is 3.19. The number of imidazole rings is 1. The Labute approximate surface area is 175 Å². The molecule has 0 bridgehead atoms. The van der Waals surface area contributed by atoms with E-state index in [0.717, 1.165) is 17.3 Å². The molecule has 2 aliphatic rings. The van der Waals surface area contributed by atoms with Crippen LogP contribution in [0.5, 0.6) is 0 Å². The minimum absolute atomic E-state index is 0.0568. The Morgan fingerprint density at radius 3 is 2.84 bits per heavy atom. The van der Waals surface area contributed by atoms with Crippen LogP contribution in [0.1, 0.15) is 41.7 Å². The molecule has 1 N–H and O–H groups in total. The summed E-state index contributed by atoms with van der Waals surface area (Å²) in [4.78, 5) is 23.1. The normalized spacial score (nSPS) is 16.4. The Balaban J connectivity index is 1.46. The van der Waals surface area contributed by atoms with Crippen molar-refractivity contribution in [1.82, 2.24) is 19.3 Å². The van der Waals surface area contributed by atoms with Crippen LogP contribution in [-0.4, -0.2) is 25.2 Å². The van der Waals surface area contributed by atoms with Crippen LogP contribution in [-0.2, 0) is 24.4 Å². The van der Waals surface area contributed by atoms with Crippen molar-refractivity contribution in [1.29, 1.82) is 5.26 Å². The van der Waals surface area contributed by atoms with E-state index in [0.29, 0.717) is 31.0 Å². The molecule has 2 aromatic heterocycles. The zero-order valence-electron chi connectivity index (χ0n) is 16.3. The number of nitriles is 1. The number of halogens is 3. The lowest BCUT2D eigenvalue weighted by molar-refractivity contribution is -0.135. The molecule has 5 rings (SSSR count). The Morgan fingerprint density at radius 2 is 2.13 bits per heavy atom. The second-order valence-electron chi connectivity index (χ2n) is 7.81. The molecule has 0 spiro atoms. The van der Waals surface area contributed by atoms with E-state index in [1.165, 1.54) is 12.1 Å². The first-order chi connectivity index (χ1) is 14.9. The highest BCUT2D eigenvalue weighted by atomic mass is 19.3. The van der Waals surface area contributed by atoms with Crippen molar-refractivity contribution >= 4 is 17.5 Å². The number of nitrogens with one attached hydrogen (secondary N) is 1. The second-order valence-corrected chi connectivity index (χ2v) is 7.81. The van der Waals surface area contributed by atoms with Gasteiger partial charge in [-0.25, -0.2) is 18.2 Å². The monoisotopic (exact) mass is 426 g/mol. The van der Waals surface area contributed by atoms with E-state index >= 15 is 0 Å². The molecule has 1 amide bonds. The van der Waals surface area contributed by atoms with Crippen LogP contribution >= 0.6 is 0 Å². The molecule has 0 radical (unpaired) electrons. The number of hydrogen-bond acceptors (Lipinski definition) is 5. The summed E-state index contributed by atoms with van der Waals surface area (Å²) in [5.41, 5.74) is 0.0377. The van der Waals surface area contributed by atoms with E-state index in [4.69, 9.17) is 0 Å². The summed E-state index contributed by atoms with van der Waals surface area (Å²) >= 11 is 0. The predicted octanol–water partition coefficient (Wildman–Crippen LogP) is 3.56. The van der Waals surface area contributed by atoms with Crippen molar-refractivity contribution in [3.8, 4) is 6.07 Å². The molecule has 1 saturated carbocycles. The summed E-state index contributed by atoms with van der Waals surface area (Å²) in [7, 11) is 0. The maximum atomic E-state index is 14.4. The maximum Gasteiger partial charge on any atom is 0.266 e. The molecule has 7 nitrogen and oxygen atoms in total. The summed E-state index contributed by atoms with van der Waals surface area (Å²) in [6.07, 6.45) is 1.53. The van der Waals surface area contributed by atoms with Crippen molar-refractivity contribution in [3.05, 3.63) is 58.8 Å².